The molecule has 1 N–H and O–H groups in total. The zero-order chi connectivity index (χ0) is 21.2. The molecular weight excluding hydrogens is 404 g/mol. The summed E-state index contributed by atoms with van der Waals surface area (Å²) in [6, 6.07) is 19.6. The van der Waals surface area contributed by atoms with Gasteiger partial charge in [0.1, 0.15) is 11.6 Å². The monoisotopic (exact) mass is 430 g/mol. The number of hydrogen-bond donors (Lipinski definition) is 1. The molecule has 6 heteroatoms. The van der Waals surface area contributed by atoms with Gasteiger partial charge in [0.2, 0.25) is 0 Å². The highest BCUT2D eigenvalue weighted by molar-refractivity contribution is 7.17. The molecule has 1 atom stereocenters. The van der Waals surface area contributed by atoms with E-state index in [9.17, 15) is 0 Å². The van der Waals surface area contributed by atoms with Crippen molar-refractivity contribution in [3.05, 3.63) is 71.4 Å². The number of nitrogens with zero attached hydrogens (tertiary/aromatic N) is 3. The van der Waals surface area contributed by atoms with Crippen LogP contribution in [0.25, 0.3) is 21.3 Å². The first-order valence-electron chi connectivity index (χ1n) is 10.7. The predicted octanol–water partition coefficient (Wildman–Crippen LogP) is 5.68. The average molecular weight is 431 g/mol. The van der Waals surface area contributed by atoms with E-state index in [1.807, 2.05) is 13.0 Å². The number of aryl methyl sites for hydroxylation is 1. The molecular formula is C25H26N4OS. The quantitative estimate of drug-likeness (QED) is 0.442. The molecule has 0 spiro atoms. The lowest BCUT2D eigenvalue weighted by Gasteiger charge is -2.29. The van der Waals surface area contributed by atoms with Gasteiger partial charge in [0.15, 0.2) is 0 Å². The van der Waals surface area contributed by atoms with E-state index in [2.05, 4.69) is 81.0 Å². The van der Waals surface area contributed by atoms with Crippen LogP contribution in [0.1, 0.15) is 24.4 Å². The predicted molar refractivity (Wildman–Crippen MR) is 129 cm³/mol. The van der Waals surface area contributed by atoms with Crippen LogP contribution in [0.5, 0.6) is 0 Å². The van der Waals surface area contributed by atoms with Crippen molar-refractivity contribution in [1.29, 1.82) is 0 Å². The van der Waals surface area contributed by atoms with Crippen molar-refractivity contribution in [3.63, 3.8) is 0 Å². The smallest absolute Gasteiger partial charge is 0.130 e. The Kier molecular flexibility index (Phi) is 5.57. The summed E-state index contributed by atoms with van der Waals surface area (Å²) in [6.07, 6.45) is 0. The van der Waals surface area contributed by atoms with Crippen molar-refractivity contribution in [2.24, 2.45) is 0 Å². The number of thiophene rings is 1. The van der Waals surface area contributed by atoms with E-state index < -0.39 is 0 Å². The third kappa shape index (κ3) is 4.40. The van der Waals surface area contributed by atoms with Gasteiger partial charge >= 0.3 is 0 Å². The first kappa shape index (κ1) is 20.0. The Balaban J connectivity index is 1.38. The molecule has 2 aromatic heterocycles. The minimum Gasteiger partial charge on any atom is -0.378 e. The fourth-order valence-corrected chi connectivity index (χ4v) is 4.85. The maximum Gasteiger partial charge on any atom is 0.130 e. The number of ether oxygens (including phenoxy) is 1. The standard InChI is InChI=1S/C25H26N4OS/c1-17(20-4-3-5-22(14-20)29-9-11-30-12-10-29)26-25-16-23(27-18(2)28-25)21-7-6-19-8-13-31-24(19)15-21/h3-8,13-17H,9-12H2,1-2H3,(H,26,27,28). The molecule has 0 bridgehead atoms. The van der Waals surface area contributed by atoms with Crippen LogP contribution in [-0.2, 0) is 4.74 Å². The summed E-state index contributed by atoms with van der Waals surface area (Å²) in [5.74, 6) is 1.61. The van der Waals surface area contributed by atoms with Crippen LogP contribution in [0.3, 0.4) is 0 Å². The van der Waals surface area contributed by atoms with Crippen LogP contribution in [-0.4, -0.2) is 36.3 Å². The van der Waals surface area contributed by atoms with Gasteiger partial charge < -0.3 is 15.0 Å². The number of morpholine rings is 1. The highest BCUT2D eigenvalue weighted by atomic mass is 32.1. The van der Waals surface area contributed by atoms with Crippen molar-refractivity contribution in [1.82, 2.24) is 9.97 Å². The van der Waals surface area contributed by atoms with Crippen molar-refractivity contribution >= 4 is 32.9 Å². The van der Waals surface area contributed by atoms with Crippen molar-refractivity contribution < 1.29 is 4.74 Å². The third-order valence-corrected chi connectivity index (χ3v) is 6.58. The molecule has 0 radical (unpaired) electrons. The first-order valence-corrected chi connectivity index (χ1v) is 11.6. The molecule has 5 rings (SSSR count). The number of anilines is 2. The first-order chi connectivity index (χ1) is 15.2. The molecule has 1 aliphatic heterocycles. The maximum atomic E-state index is 5.49. The Bertz CT molecular complexity index is 1200. The number of hydrogen-bond acceptors (Lipinski definition) is 6. The third-order valence-electron chi connectivity index (χ3n) is 5.70. The van der Waals surface area contributed by atoms with Crippen LogP contribution in [0.2, 0.25) is 0 Å². The van der Waals surface area contributed by atoms with Crippen molar-refractivity contribution in [2.45, 2.75) is 19.9 Å². The lowest BCUT2D eigenvalue weighted by atomic mass is 10.1. The Morgan fingerprint density at radius 3 is 2.77 bits per heavy atom. The number of nitrogens with one attached hydrogen (secondary N) is 1. The van der Waals surface area contributed by atoms with Crippen LogP contribution < -0.4 is 10.2 Å². The zero-order valence-corrected chi connectivity index (χ0v) is 18.7. The minimum atomic E-state index is 0.128. The molecule has 31 heavy (non-hydrogen) atoms. The van der Waals surface area contributed by atoms with E-state index in [-0.39, 0.29) is 6.04 Å². The van der Waals surface area contributed by atoms with E-state index in [0.29, 0.717) is 0 Å². The van der Waals surface area contributed by atoms with Crippen LogP contribution >= 0.6 is 11.3 Å². The van der Waals surface area contributed by atoms with Gasteiger partial charge in [-0.2, -0.15) is 0 Å². The number of aromatic nitrogens is 2. The second kappa shape index (κ2) is 8.65. The van der Waals surface area contributed by atoms with Gasteiger partial charge in [-0.25, -0.2) is 9.97 Å². The second-order valence-corrected chi connectivity index (χ2v) is 8.87. The Hall–Kier alpha value is -2.96. The maximum absolute atomic E-state index is 5.49. The van der Waals surface area contributed by atoms with Gasteiger partial charge in [0.05, 0.1) is 24.9 Å². The van der Waals surface area contributed by atoms with E-state index in [1.165, 1.54) is 21.3 Å². The van der Waals surface area contributed by atoms with Gasteiger partial charge in [0.25, 0.3) is 0 Å². The van der Waals surface area contributed by atoms with E-state index in [0.717, 1.165) is 49.2 Å². The SMILES string of the molecule is Cc1nc(NC(C)c2cccc(N3CCOCC3)c2)cc(-c2ccc3ccsc3c2)n1. The topological polar surface area (TPSA) is 50.3 Å². The molecule has 0 aliphatic carbocycles. The molecule has 4 aromatic rings. The van der Waals surface area contributed by atoms with Crippen molar-refractivity contribution in [3.8, 4) is 11.3 Å². The average Bonchev–Trinajstić information content (AvgIpc) is 3.27. The fraction of sp³-hybridized carbons (Fsp3) is 0.280. The normalized spacial score (nSPS) is 15.2. The summed E-state index contributed by atoms with van der Waals surface area (Å²) >= 11 is 1.75. The number of benzene rings is 2. The Labute approximate surface area is 186 Å². The molecule has 0 amide bonds. The molecule has 1 unspecified atom stereocenters. The van der Waals surface area contributed by atoms with E-state index in [4.69, 9.17) is 4.74 Å². The Morgan fingerprint density at radius 2 is 1.90 bits per heavy atom. The summed E-state index contributed by atoms with van der Waals surface area (Å²) in [7, 11) is 0. The summed E-state index contributed by atoms with van der Waals surface area (Å²) in [5.41, 5.74) is 4.55. The fourth-order valence-electron chi connectivity index (χ4n) is 4.02. The number of rotatable bonds is 5. The molecule has 1 saturated heterocycles. The van der Waals surface area contributed by atoms with Gasteiger partial charge in [-0.3, -0.25) is 0 Å². The molecule has 3 heterocycles. The lowest BCUT2D eigenvalue weighted by Crippen LogP contribution is -2.36. The van der Waals surface area contributed by atoms with Gasteiger partial charge in [-0.15, -0.1) is 11.3 Å². The van der Waals surface area contributed by atoms with Crippen LogP contribution in [0.15, 0.2) is 60.0 Å². The summed E-state index contributed by atoms with van der Waals surface area (Å²) < 4.78 is 6.76. The summed E-state index contributed by atoms with van der Waals surface area (Å²) in [4.78, 5) is 11.7. The highest BCUT2D eigenvalue weighted by Crippen LogP contribution is 2.29. The van der Waals surface area contributed by atoms with Crippen LogP contribution in [0, 0.1) is 6.92 Å². The number of fused-ring (bicyclic) bond motifs is 1. The molecule has 1 aliphatic rings. The second-order valence-electron chi connectivity index (χ2n) is 7.92. The van der Waals surface area contributed by atoms with E-state index in [1.54, 1.807) is 11.3 Å². The molecule has 0 saturated carbocycles. The van der Waals surface area contributed by atoms with Crippen molar-refractivity contribution in [2.75, 3.05) is 36.5 Å². The molecule has 5 nitrogen and oxygen atoms in total. The van der Waals surface area contributed by atoms with E-state index >= 15 is 0 Å². The van der Waals surface area contributed by atoms with Gasteiger partial charge in [0, 0.05) is 35.1 Å². The largest absolute Gasteiger partial charge is 0.378 e. The molecule has 2 aromatic carbocycles. The Morgan fingerprint density at radius 1 is 1.03 bits per heavy atom. The molecule has 1 fully saturated rings. The van der Waals surface area contributed by atoms with Gasteiger partial charge in [-0.05, 0) is 54.4 Å². The summed E-state index contributed by atoms with van der Waals surface area (Å²) in [6.45, 7) is 7.58. The lowest BCUT2D eigenvalue weighted by molar-refractivity contribution is 0.122. The highest BCUT2D eigenvalue weighted by Gasteiger charge is 2.14. The zero-order valence-electron chi connectivity index (χ0n) is 17.8. The van der Waals surface area contributed by atoms with Crippen LogP contribution in [0.4, 0.5) is 11.5 Å². The minimum absolute atomic E-state index is 0.128. The summed E-state index contributed by atoms with van der Waals surface area (Å²) in [5, 5.41) is 6.97. The van der Waals surface area contributed by atoms with Gasteiger partial charge in [-0.1, -0.05) is 24.3 Å². The molecule has 158 valence electrons.